The lowest BCUT2D eigenvalue weighted by Crippen LogP contribution is -2.08. The quantitative estimate of drug-likeness (QED) is 0.708. The number of nitriles is 1. The first-order chi connectivity index (χ1) is 9.28. The van der Waals surface area contributed by atoms with Crippen LogP contribution >= 0.6 is 11.3 Å². The first-order valence-electron chi connectivity index (χ1n) is 6.43. The van der Waals surface area contributed by atoms with Crippen molar-refractivity contribution in [2.45, 2.75) is 26.2 Å². The minimum atomic E-state index is 0.921. The topological polar surface area (TPSA) is 36.1 Å². The van der Waals surface area contributed by atoms with Crippen molar-refractivity contribution in [1.29, 1.82) is 5.26 Å². The molecule has 1 aliphatic carbocycles. The second-order valence-electron chi connectivity index (χ2n) is 4.83. The monoisotopic (exact) mass is 266 g/mol. The van der Waals surface area contributed by atoms with E-state index in [2.05, 4.69) is 42.2 Å². The van der Waals surface area contributed by atoms with Crippen LogP contribution in [-0.4, -0.2) is 5.71 Å². The Kier molecular flexibility index (Phi) is 3.18. The number of benzene rings is 1. The fourth-order valence-corrected chi connectivity index (χ4v) is 3.75. The van der Waals surface area contributed by atoms with Crippen molar-refractivity contribution in [2.75, 3.05) is 0 Å². The van der Waals surface area contributed by atoms with Crippen LogP contribution in [0.25, 0.3) is 10.4 Å². The van der Waals surface area contributed by atoms with E-state index < -0.39 is 0 Å². The molecule has 0 saturated heterocycles. The maximum absolute atomic E-state index is 8.77. The third-order valence-electron chi connectivity index (χ3n) is 3.42. The molecule has 3 heteroatoms. The van der Waals surface area contributed by atoms with Crippen LogP contribution < -0.4 is 0 Å². The van der Waals surface area contributed by atoms with Crippen molar-refractivity contribution >= 4 is 17.0 Å². The van der Waals surface area contributed by atoms with Crippen molar-refractivity contribution in [3.8, 4) is 16.6 Å². The molecule has 1 aliphatic rings. The van der Waals surface area contributed by atoms with E-state index >= 15 is 0 Å². The zero-order valence-corrected chi connectivity index (χ0v) is 11.6. The van der Waals surface area contributed by atoms with Gasteiger partial charge >= 0.3 is 0 Å². The van der Waals surface area contributed by atoms with Crippen LogP contribution in [0.3, 0.4) is 0 Å². The molecule has 19 heavy (non-hydrogen) atoms. The van der Waals surface area contributed by atoms with E-state index in [1.165, 1.54) is 26.4 Å². The van der Waals surface area contributed by atoms with Gasteiger partial charge in [0.1, 0.15) is 0 Å². The SMILES string of the molecule is Cc1cccc(-c2cc3c(s2)CCC/C3=N\C#N)c1. The summed E-state index contributed by atoms with van der Waals surface area (Å²) in [6.45, 7) is 2.11. The molecule has 0 aliphatic heterocycles. The van der Waals surface area contributed by atoms with Gasteiger partial charge in [-0.1, -0.05) is 29.8 Å². The highest BCUT2D eigenvalue weighted by Gasteiger charge is 2.19. The van der Waals surface area contributed by atoms with Gasteiger partial charge in [0.2, 0.25) is 6.19 Å². The summed E-state index contributed by atoms with van der Waals surface area (Å²) in [5.74, 6) is 0. The predicted octanol–water partition coefficient (Wildman–Crippen LogP) is 4.33. The minimum absolute atomic E-state index is 0.921. The largest absolute Gasteiger partial charge is 0.205 e. The predicted molar refractivity (Wildman–Crippen MR) is 79.6 cm³/mol. The summed E-state index contributed by atoms with van der Waals surface area (Å²) < 4.78 is 0. The number of rotatable bonds is 1. The normalized spacial score (nSPS) is 16.1. The third kappa shape index (κ3) is 2.32. The Hall–Kier alpha value is -1.92. The first-order valence-corrected chi connectivity index (χ1v) is 7.25. The molecular formula is C16H14N2S. The van der Waals surface area contributed by atoms with Gasteiger partial charge in [-0.3, -0.25) is 0 Å². The Morgan fingerprint density at radius 1 is 1.26 bits per heavy atom. The summed E-state index contributed by atoms with van der Waals surface area (Å²) in [5.41, 5.74) is 4.68. The van der Waals surface area contributed by atoms with Crippen LogP contribution in [0.1, 0.15) is 28.8 Å². The van der Waals surface area contributed by atoms with E-state index in [1.807, 2.05) is 17.5 Å². The molecule has 0 amide bonds. The summed E-state index contributed by atoms with van der Waals surface area (Å²) in [6, 6.07) is 10.8. The van der Waals surface area contributed by atoms with Crippen LogP contribution in [0.15, 0.2) is 35.3 Å². The van der Waals surface area contributed by atoms with Crippen LogP contribution in [0.5, 0.6) is 0 Å². The second-order valence-corrected chi connectivity index (χ2v) is 5.97. The van der Waals surface area contributed by atoms with Gasteiger partial charge in [-0.2, -0.15) is 10.3 Å². The summed E-state index contributed by atoms with van der Waals surface area (Å²) in [5, 5.41) is 8.77. The number of fused-ring (bicyclic) bond motifs is 1. The number of aryl methyl sites for hydroxylation is 2. The zero-order valence-electron chi connectivity index (χ0n) is 10.8. The molecular weight excluding hydrogens is 252 g/mol. The molecule has 2 nitrogen and oxygen atoms in total. The smallest absolute Gasteiger partial charge is 0.178 e. The number of hydrogen-bond donors (Lipinski definition) is 0. The molecule has 0 bridgehead atoms. The Morgan fingerprint density at radius 3 is 2.95 bits per heavy atom. The van der Waals surface area contributed by atoms with E-state index in [-0.39, 0.29) is 0 Å². The fourth-order valence-electron chi connectivity index (χ4n) is 2.53. The van der Waals surface area contributed by atoms with Crippen molar-refractivity contribution in [3.63, 3.8) is 0 Å². The minimum Gasteiger partial charge on any atom is -0.178 e. The van der Waals surface area contributed by atoms with Crippen LogP contribution in [0.2, 0.25) is 0 Å². The number of hydrogen-bond acceptors (Lipinski definition) is 3. The van der Waals surface area contributed by atoms with Crippen molar-refractivity contribution in [3.05, 3.63) is 46.3 Å². The van der Waals surface area contributed by atoms with E-state index in [4.69, 9.17) is 5.26 Å². The second kappa shape index (κ2) is 4.99. The van der Waals surface area contributed by atoms with Gasteiger partial charge in [-0.05, 0) is 37.8 Å². The van der Waals surface area contributed by atoms with Gasteiger partial charge in [0.25, 0.3) is 0 Å². The summed E-state index contributed by atoms with van der Waals surface area (Å²) in [6.07, 6.45) is 5.06. The highest BCUT2D eigenvalue weighted by atomic mass is 32.1. The van der Waals surface area contributed by atoms with Gasteiger partial charge in [0.05, 0.1) is 5.71 Å². The first kappa shape index (κ1) is 12.1. The van der Waals surface area contributed by atoms with Crippen molar-refractivity contribution in [1.82, 2.24) is 0 Å². The maximum Gasteiger partial charge on any atom is 0.205 e. The van der Waals surface area contributed by atoms with Gasteiger partial charge in [-0.15, -0.1) is 11.3 Å². The average Bonchev–Trinajstić information content (AvgIpc) is 2.84. The lowest BCUT2D eigenvalue weighted by molar-refractivity contribution is 0.855. The Labute approximate surface area is 117 Å². The Balaban J connectivity index is 2.08. The molecule has 2 aromatic rings. The molecule has 0 atom stereocenters. The van der Waals surface area contributed by atoms with Gasteiger partial charge in [0.15, 0.2) is 0 Å². The van der Waals surface area contributed by atoms with E-state index in [0.29, 0.717) is 0 Å². The molecule has 94 valence electrons. The third-order valence-corrected chi connectivity index (χ3v) is 4.67. The van der Waals surface area contributed by atoms with Gasteiger partial charge < -0.3 is 0 Å². The van der Waals surface area contributed by atoms with Crippen molar-refractivity contribution in [2.24, 2.45) is 4.99 Å². The molecule has 1 heterocycles. The lowest BCUT2D eigenvalue weighted by Gasteiger charge is -2.11. The molecule has 1 aromatic heterocycles. The summed E-state index contributed by atoms with van der Waals surface area (Å²) in [7, 11) is 0. The van der Waals surface area contributed by atoms with E-state index in [9.17, 15) is 0 Å². The van der Waals surface area contributed by atoms with Gasteiger partial charge in [0, 0.05) is 15.3 Å². The standard InChI is InChI=1S/C16H14N2S/c1-11-4-2-5-12(8-11)16-9-13-14(18-10-17)6-3-7-15(13)19-16/h2,4-5,8-9H,3,6-7H2,1H3/b18-14+. The molecule has 1 aromatic carbocycles. The Morgan fingerprint density at radius 2 is 2.16 bits per heavy atom. The summed E-state index contributed by atoms with van der Waals surface area (Å²) >= 11 is 1.84. The molecule has 0 unspecified atom stereocenters. The summed E-state index contributed by atoms with van der Waals surface area (Å²) in [4.78, 5) is 6.63. The molecule has 0 radical (unpaired) electrons. The fraction of sp³-hybridized carbons (Fsp3) is 0.250. The van der Waals surface area contributed by atoms with Crippen LogP contribution in [-0.2, 0) is 6.42 Å². The van der Waals surface area contributed by atoms with Crippen LogP contribution in [0, 0.1) is 18.4 Å². The highest BCUT2D eigenvalue weighted by molar-refractivity contribution is 7.15. The molecule has 0 spiro atoms. The van der Waals surface area contributed by atoms with Crippen LogP contribution in [0.4, 0.5) is 0 Å². The number of thiophene rings is 1. The molecule has 3 rings (SSSR count). The Bertz CT molecular complexity index is 689. The average molecular weight is 266 g/mol. The highest BCUT2D eigenvalue weighted by Crippen LogP contribution is 2.36. The molecule has 0 fully saturated rings. The van der Waals surface area contributed by atoms with E-state index in [0.717, 1.165) is 25.0 Å². The maximum atomic E-state index is 8.77. The molecule has 0 saturated carbocycles. The number of aliphatic imine (C=N–C) groups is 1. The zero-order chi connectivity index (χ0) is 13.2. The lowest BCUT2D eigenvalue weighted by atomic mass is 9.96. The van der Waals surface area contributed by atoms with Crippen molar-refractivity contribution < 1.29 is 0 Å². The molecule has 0 N–H and O–H groups in total. The van der Waals surface area contributed by atoms with Gasteiger partial charge in [-0.25, -0.2) is 0 Å². The number of nitrogens with zero attached hydrogens (tertiary/aromatic N) is 2. The van der Waals surface area contributed by atoms with E-state index in [1.54, 1.807) is 0 Å².